The first-order chi connectivity index (χ1) is 7.88. The second-order valence-electron chi connectivity index (χ2n) is 4.48. The van der Waals surface area contributed by atoms with E-state index in [2.05, 4.69) is 20.7 Å². The Balaban J connectivity index is 2.32. The van der Waals surface area contributed by atoms with Gasteiger partial charge < -0.3 is 5.11 Å². The maximum absolute atomic E-state index is 12.1. The molecular weight excluding hydrogens is 306 g/mol. The van der Waals surface area contributed by atoms with Crippen LogP contribution in [-0.4, -0.2) is 25.7 Å². The molecule has 17 heavy (non-hydrogen) atoms. The zero-order valence-electron chi connectivity index (χ0n) is 9.40. The van der Waals surface area contributed by atoms with Crippen LogP contribution in [0.1, 0.15) is 18.4 Å². The number of halogens is 1. The van der Waals surface area contributed by atoms with Gasteiger partial charge in [0.1, 0.15) is 0 Å². The van der Waals surface area contributed by atoms with Crippen molar-refractivity contribution < 1.29 is 13.5 Å². The molecule has 0 spiro atoms. The third-order valence-electron chi connectivity index (χ3n) is 2.88. The summed E-state index contributed by atoms with van der Waals surface area (Å²) in [5.41, 5.74) is 0.350. The molecule has 0 aliphatic heterocycles. The Morgan fingerprint density at radius 1 is 1.47 bits per heavy atom. The summed E-state index contributed by atoms with van der Waals surface area (Å²) in [5.74, 6) is 0. The number of rotatable bonds is 4. The van der Waals surface area contributed by atoms with Crippen LogP contribution in [0.3, 0.4) is 0 Å². The lowest BCUT2D eigenvalue weighted by Crippen LogP contribution is -2.39. The van der Waals surface area contributed by atoms with Crippen molar-refractivity contribution in [3.63, 3.8) is 0 Å². The zero-order chi connectivity index (χ0) is 12.7. The van der Waals surface area contributed by atoms with Crippen LogP contribution >= 0.6 is 15.9 Å². The van der Waals surface area contributed by atoms with E-state index in [1.165, 1.54) is 0 Å². The van der Waals surface area contributed by atoms with E-state index in [1.54, 1.807) is 18.2 Å². The van der Waals surface area contributed by atoms with Gasteiger partial charge in [-0.25, -0.2) is 13.1 Å². The molecular formula is C11H14BrNO3S. The highest BCUT2D eigenvalue weighted by Crippen LogP contribution is 2.37. The Labute approximate surface area is 109 Å². The minimum atomic E-state index is -3.57. The van der Waals surface area contributed by atoms with Gasteiger partial charge in [0, 0.05) is 4.47 Å². The third-order valence-corrected chi connectivity index (χ3v) is 5.44. The van der Waals surface area contributed by atoms with Crippen LogP contribution < -0.4 is 4.72 Å². The molecule has 2 N–H and O–H groups in total. The predicted molar refractivity (Wildman–Crippen MR) is 68.3 cm³/mol. The molecule has 2 rings (SSSR count). The van der Waals surface area contributed by atoms with E-state index in [0.717, 1.165) is 5.56 Å². The van der Waals surface area contributed by atoms with Gasteiger partial charge in [0.15, 0.2) is 0 Å². The highest BCUT2D eigenvalue weighted by Gasteiger charge is 2.45. The monoisotopic (exact) mass is 319 g/mol. The van der Waals surface area contributed by atoms with Gasteiger partial charge >= 0.3 is 0 Å². The van der Waals surface area contributed by atoms with Crippen molar-refractivity contribution in [3.8, 4) is 0 Å². The van der Waals surface area contributed by atoms with Gasteiger partial charge in [0.25, 0.3) is 0 Å². The Morgan fingerprint density at radius 3 is 2.59 bits per heavy atom. The van der Waals surface area contributed by atoms with Crippen molar-refractivity contribution in [1.29, 1.82) is 0 Å². The Bertz CT molecular complexity index is 538. The quantitative estimate of drug-likeness (QED) is 0.885. The summed E-state index contributed by atoms with van der Waals surface area (Å²) in [4.78, 5) is 0.211. The van der Waals surface area contributed by atoms with Gasteiger partial charge in [-0.15, -0.1) is 0 Å². The van der Waals surface area contributed by atoms with E-state index in [1.807, 2.05) is 6.92 Å². The molecule has 0 heterocycles. The van der Waals surface area contributed by atoms with Crippen LogP contribution in [0.4, 0.5) is 0 Å². The summed E-state index contributed by atoms with van der Waals surface area (Å²) in [6, 6.07) is 5.07. The molecule has 94 valence electrons. The minimum Gasteiger partial charge on any atom is -0.394 e. The lowest BCUT2D eigenvalue weighted by atomic mass is 10.2. The molecule has 0 saturated heterocycles. The molecule has 1 aromatic rings. The van der Waals surface area contributed by atoms with Crippen LogP contribution in [-0.2, 0) is 10.0 Å². The van der Waals surface area contributed by atoms with Crippen LogP contribution in [0.5, 0.6) is 0 Å². The lowest BCUT2D eigenvalue weighted by Gasteiger charge is -2.15. The van der Waals surface area contributed by atoms with Crippen molar-refractivity contribution >= 4 is 26.0 Å². The summed E-state index contributed by atoms with van der Waals surface area (Å²) in [7, 11) is -3.57. The molecule has 4 nitrogen and oxygen atoms in total. The van der Waals surface area contributed by atoms with E-state index in [9.17, 15) is 8.42 Å². The van der Waals surface area contributed by atoms with Crippen LogP contribution in [0.2, 0.25) is 0 Å². The molecule has 1 fully saturated rings. The first kappa shape index (κ1) is 13.0. The van der Waals surface area contributed by atoms with Crippen molar-refractivity contribution in [3.05, 3.63) is 28.2 Å². The molecule has 1 aliphatic rings. The van der Waals surface area contributed by atoms with E-state index in [0.29, 0.717) is 17.3 Å². The van der Waals surface area contributed by atoms with Crippen molar-refractivity contribution in [2.45, 2.75) is 30.2 Å². The maximum Gasteiger partial charge on any atom is 0.242 e. The second kappa shape index (κ2) is 4.35. The number of nitrogens with one attached hydrogen (secondary N) is 1. The fourth-order valence-electron chi connectivity index (χ4n) is 1.61. The highest BCUT2D eigenvalue weighted by atomic mass is 79.9. The Kier molecular flexibility index (Phi) is 3.33. The van der Waals surface area contributed by atoms with E-state index in [4.69, 9.17) is 5.11 Å². The lowest BCUT2D eigenvalue weighted by molar-refractivity contribution is 0.246. The van der Waals surface area contributed by atoms with Gasteiger partial charge in [-0.3, -0.25) is 0 Å². The highest BCUT2D eigenvalue weighted by molar-refractivity contribution is 9.10. The zero-order valence-corrected chi connectivity index (χ0v) is 11.8. The molecule has 0 unspecified atom stereocenters. The molecule has 1 saturated carbocycles. The fraction of sp³-hybridized carbons (Fsp3) is 0.455. The van der Waals surface area contributed by atoms with Gasteiger partial charge in [0.05, 0.1) is 17.0 Å². The van der Waals surface area contributed by atoms with E-state index < -0.39 is 15.6 Å². The smallest absolute Gasteiger partial charge is 0.242 e. The van der Waals surface area contributed by atoms with Crippen molar-refractivity contribution in [1.82, 2.24) is 4.72 Å². The van der Waals surface area contributed by atoms with Gasteiger partial charge in [0.2, 0.25) is 10.0 Å². The average molecular weight is 320 g/mol. The first-order valence-corrected chi connectivity index (χ1v) is 7.57. The maximum atomic E-state index is 12.1. The molecule has 0 amide bonds. The van der Waals surface area contributed by atoms with Gasteiger partial charge in [-0.05, 0) is 53.4 Å². The van der Waals surface area contributed by atoms with Gasteiger partial charge in [-0.2, -0.15) is 0 Å². The van der Waals surface area contributed by atoms with E-state index >= 15 is 0 Å². The number of aliphatic hydroxyl groups excluding tert-OH is 1. The first-order valence-electron chi connectivity index (χ1n) is 5.30. The molecule has 0 radical (unpaired) electrons. The van der Waals surface area contributed by atoms with Crippen molar-refractivity contribution in [2.75, 3.05) is 6.61 Å². The molecule has 0 aromatic heterocycles. The summed E-state index contributed by atoms with van der Waals surface area (Å²) < 4.78 is 27.4. The van der Waals surface area contributed by atoms with Crippen LogP contribution in [0.15, 0.2) is 27.6 Å². The molecule has 1 aliphatic carbocycles. The summed E-state index contributed by atoms with van der Waals surface area (Å²) in [6.45, 7) is 1.74. The summed E-state index contributed by atoms with van der Waals surface area (Å²) in [6.07, 6.45) is 1.37. The normalized spacial score (nSPS) is 18.1. The van der Waals surface area contributed by atoms with E-state index in [-0.39, 0.29) is 11.5 Å². The number of benzene rings is 1. The molecule has 0 atom stereocenters. The molecule has 0 bridgehead atoms. The molecule has 1 aromatic carbocycles. The standard InChI is InChI=1S/C11H14BrNO3S/c1-8-2-3-10(9(12)6-8)17(15,16)13-11(7-14)4-5-11/h2-3,6,13-14H,4-5,7H2,1H3. The largest absolute Gasteiger partial charge is 0.394 e. The SMILES string of the molecule is Cc1ccc(S(=O)(=O)NC2(CO)CC2)c(Br)c1. The number of hydrogen-bond donors (Lipinski definition) is 2. The second-order valence-corrected chi connectivity index (χ2v) is 6.98. The Morgan fingerprint density at radius 2 is 2.12 bits per heavy atom. The Hall–Kier alpha value is -0.430. The summed E-state index contributed by atoms with van der Waals surface area (Å²) in [5, 5.41) is 9.14. The third kappa shape index (κ3) is 2.70. The summed E-state index contributed by atoms with van der Waals surface area (Å²) >= 11 is 3.25. The average Bonchev–Trinajstić information content (AvgIpc) is 2.97. The number of aryl methyl sites for hydroxylation is 1. The van der Waals surface area contributed by atoms with Crippen molar-refractivity contribution in [2.24, 2.45) is 0 Å². The van der Waals surface area contributed by atoms with Crippen LogP contribution in [0.25, 0.3) is 0 Å². The number of sulfonamides is 1. The van der Waals surface area contributed by atoms with Gasteiger partial charge in [-0.1, -0.05) is 6.07 Å². The topological polar surface area (TPSA) is 66.4 Å². The molecule has 6 heteroatoms. The fourth-order valence-corrected chi connectivity index (χ4v) is 4.25. The number of hydrogen-bond acceptors (Lipinski definition) is 3. The number of aliphatic hydroxyl groups is 1. The minimum absolute atomic E-state index is 0.157. The predicted octanol–water partition coefficient (Wildman–Crippen LogP) is 1.56. The van der Waals surface area contributed by atoms with Crippen LogP contribution in [0, 0.1) is 6.92 Å².